The van der Waals surface area contributed by atoms with Gasteiger partial charge in [-0.05, 0) is 18.2 Å². The number of amides is 2. The molecule has 0 radical (unpaired) electrons. The molecule has 2 heterocycles. The number of carbonyl (C=O) groups excluding carboxylic acids is 2. The molecule has 0 aliphatic carbocycles. The van der Waals surface area contributed by atoms with Gasteiger partial charge in [0.25, 0.3) is 0 Å². The first kappa shape index (κ1) is 18.4. The normalized spacial score (nSPS) is 23.3. The first-order valence-corrected chi connectivity index (χ1v) is 8.80. The average molecular weight is 365 g/mol. The van der Waals surface area contributed by atoms with E-state index in [2.05, 4.69) is 5.32 Å². The number of morpholine rings is 1. The third-order valence-corrected chi connectivity index (χ3v) is 4.45. The van der Waals surface area contributed by atoms with Crippen molar-refractivity contribution in [3.8, 4) is 0 Å². The molecule has 1 N–H and O–H groups in total. The fourth-order valence-corrected chi connectivity index (χ4v) is 2.96. The summed E-state index contributed by atoms with van der Waals surface area (Å²) in [7, 11) is 0. The maximum atomic E-state index is 14.1. The second-order valence-electron chi connectivity index (χ2n) is 6.74. The zero-order valence-corrected chi connectivity index (χ0v) is 15.0. The van der Waals surface area contributed by atoms with Crippen LogP contribution in [-0.4, -0.2) is 57.2 Å². The quantitative estimate of drug-likeness (QED) is 0.808. The molecule has 8 heteroatoms. The number of benzene rings is 1. The van der Waals surface area contributed by atoms with Gasteiger partial charge in [0.15, 0.2) is 6.30 Å². The highest BCUT2D eigenvalue weighted by atomic mass is 19.1. The SMILES string of the molecule is CC(C)C(=O)NCC1CN(c2cccc(N3CCOC[C@@H]3F)c2)C(=O)O1. The van der Waals surface area contributed by atoms with Crippen LogP contribution in [0, 0.1) is 5.92 Å². The van der Waals surface area contributed by atoms with Crippen molar-refractivity contribution >= 4 is 23.4 Å². The first-order chi connectivity index (χ1) is 12.5. The number of nitrogens with zero attached hydrogens (tertiary/aromatic N) is 2. The molecule has 0 spiro atoms. The number of anilines is 2. The molecule has 1 aromatic rings. The van der Waals surface area contributed by atoms with E-state index in [4.69, 9.17) is 9.47 Å². The van der Waals surface area contributed by atoms with Crippen molar-refractivity contribution in [1.82, 2.24) is 5.32 Å². The Balaban J connectivity index is 1.66. The van der Waals surface area contributed by atoms with Crippen LogP contribution >= 0.6 is 0 Å². The van der Waals surface area contributed by atoms with E-state index in [1.165, 1.54) is 4.90 Å². The number of hydrogen-bond acceptors (Lipinski definition) is 5. The largest absolute Gasteiger partial charge is 0.442 e. The van der Waals surface area contributed by atoms with E-state index >= 15 is 0 Å². The number of halogens is 1. The second kappa shape index (κ2) is 7.90. The molecule has 3 rings (SSSR count). The molecule has 1 unspecified atom stereocenters. The summed E-state index contributed by atoms with van der Waals surface area (Å²) in [6, 6.07) is 7.15. The summed E-state index contributed by atoms with van der Waals surface area (Å²) in [5.41, 5.74) is 1.34. The lowest BCUT2D eigenvalue weighted by Gasteiger charge is -2.32. The van der Waals surface area contributed by atoms with Crippen LogP contribution in [0.4, 0.5) is 20.6 Å². The van der Waals surface area contributed by atoms with Gasteiger partial charge in [0, 0.05) is 23.8 Å². The minimum Gasteiger partial charge on any atom is -0.442 e. The second-order valence-corrected chi connectivity index (χ2v) is 6.74. The van der Waals surface area contributed by atoms with Crippen LogP contribution in [0.25, 0.3) is 0 Å². The van der Waals surface area contributed by atoms with Gasteiger partial charge >= 0.3 is 6.09 Å². The zero-order chi connectivity index (χ0) is 18.7. The van der Waals surface area contributed by atoms with Crippen LogP contribution in [0.5, 0.6) is 0 Å². The van der Waals surface area contributed by atoms with Gasteiger partial charge < -0.3 is 19.7 Å². The van der Waals surface area contributed by atoms with Gasteiger partial charge in [-0.25, -0.2) is 9.18 Å². The Hall–Kier alpha value is -2.35. The Morgan fingerprint density at radius 3 is 2.88 bits per heavy atom. The van der Waals surface area contributed by atoms with Crippen molar-refractivity contribution in [1.29, 1.82) is 0 Å². The van der Waals surface area contributed by atoms with E-state index in [1.54, 1.807) is 36.9 Å². The van der Waals surface area contributed by atoms with E-state index < -0.39 is 18.5 Å². The fourth-order valence-electron chi connectivity index (χ4n) is 2.96. The van der Waals surface area contributed by atoms with Crippen molar-refractivity contribution < 1.29 is 23.5 Å². The molecule has 142 valence electrons. The zero-order valence-electron chi connectivity index (χ0n) is 15.0. The molecule has 2 fully saturated rings. The van der Waals surface area contributed by atoms with Crippen molar-refractivity contribution in [3.63, 3.8) is 0 Å². The number of nitrogens with one attached hydrogen (secondary N) is 1. The number of hydrogen-bond donors (Lipinski definition) is 1. The molecule has 2 atom stereocenters. The van der Waals surface area contributed by atoms with Crippen LogP contribution in [0.3, 0.4) is 0 Å². The Labute approximate surface area is 152 Å². The van der Waals surface area contributed by atoms with Gasteiger partial charge in [-0.3, -0.25) is 9.69 Å². The molecule has 1 aromatic carbocycles. The number of ether oxygens (including phenoxy) is 2. The molecule has 2 aliphatic heterocycles. The third kappa shape index (κ3) is 4.07. The predicted octanol–water partition coefficient (Wildman–Crippen LogP) is 1.92. The summed E-state index contributed by atoms with van der Waals surface area (Å²) < 4.78 is 24.5. The minimum atomic E-state index is -1.21. The van der Waals surface area contributed by atoms with Crippen molar-refractivity contribution in [2.45, 2.75) is 26.2 Å². The highest BCUT2D eigenvalue weighted by Gasteiger charge is 2.33. The van der Waals surface area contributed by atoms with Crippen LogP contribution in [-0.2, 0) is 14.3 Å². The highest BCUT2D eigenvalue weighted by Crippen LogP contribution is 2.28. The van der Waals surface area contributed by atoms with Crippen LogP contribution in [0.15, 0.2) is 24.3 Å². The predicted molar refractivity (Wildman–Crippen MR) is 95.0 cm³/mol. The van der Waals surface area contributed by atoms with E-state index in [1.807, 2.05) is 6.07 Å². The van der Waals surface area contributed by atoms with Crippen molar-refractivity contribution in [2.75, 3.05) is 42.6 Å². The molecule has 2 aliphatic rings. The molecule has 2 saturated heterocycles. The third-order valence-electron chi connectivity index (χ3n) is 4.45. The summed E-state index contributed by atoms with van der Waals surface area (Å²) in [6.45, 7) is 5.17. The summed E-state index contributed by atoms with van der Waals surface area (Å²) in [6.07, 6.45) is -2.08. The lowest BCUT2D eigenvalue weighted by Crippen LogP contribution is -2.43. The van der Waals surface area contributed by atoms with Crippen molar-refractivity contribution in [2.24, 2.45) is 5.92 Å². The standard InChI is InChI=1S/C18H24FN3O4/c1-12(2)17(23)20-9-15-10-22(18(24)26-15)14-5-3-4-13(8-14)21-6-7-25-11-16(21)19/h3-5,8,12,15-16H,6-7,9-11H2,1-2H3,(H,20,23)/t15?,16-/m1/s1. The highest BCUT2D eigenvalue weighted by molar-refractivity contribution is 5.90. The minimum absolute atomic E-state index is 0.0353. The number of cyclic esters (lactones) is 1. The Morgan fingerprint density at radius 2 is 2.15 bits per heavy atom. The molecule has 2 amide bonds. The molecule has 0 saturated carbocycles. The molecule has 26 heavy (non-hydrogen) atoms. The van der Waals surface area contributed by atoms with Gasteiger partial charge in [0.2, 0.25) is 5.91 Å². The van der Waals surface area contributed by atoms with Gasteiger partial charge in [-0.1, -0.05) is 19.9 Å². The summed E-state index contributed by atoms with van der Waals surface area (Å²) in [4.78, 5) is 27.0. The van der Waals surface area contributed by atoms with Gasteiger partial charge in [0.05, 0.1) is 26.3 Å². The van der Waals surface area contributed by atoms with Crippen molar-refractivity contribution in [3.05, 3.63) is 24.3 Å². The fraction of sp³-hybridized carbons (Fsp3) is 0.556. The Morgan fingerprint density at radius 1 is 1.38 bits per heavy atom. The maximum absolute atomic E-state index is 14.1. The van der Waals surface area contributed by atoms with E-state index in [-0.39, 0.29) is 25.0 Å². The molecular weight excluding hydrogens is 341 g/mol. The molecule has 0 aromatic heterocycles. The molecule has 0 bridgehead atoms. The topological polar surface area (TPSA) is 71.1 Å². The van der Waals surface area contributed by atoms with Gasteiger partial charge in [0.1, 0.15) is 6.10 Å². The Kier molecular flexibility index (Phi) is 5.61. The van der Waals surface area contributed by atoms with E-state index in [0.717, 1.165) is 0 Å². The van der Waals surface area contributed by atoms with Gasteiger partial charge in [-0.2, -0.15) is 0 Å². The van der Waals surface area contributed by atoms with Gasteiger partial charge in [-0.15, -0.1) is 0 Å². The van der Waals surface area contributed by atoms with E-state index in [9.17, 15) is 14.0 Å². The lowest BCUT2D eigenvalue weighted by molar-refractivity contribution is -0.124. The maximum Gasteiger partial charge on any atom is 0.414 e. The lowest BCUT2D eigenvalue weighted by atomic mass is 10.2. The number of carbonyl (C=O) groups is 2. The number of rotatable bonds is 5. The number of alkyl halides is 1. The van der Waals surface area contributed by atoms with Crippen LogP contribution in [0.1, 0.15) is 13.8 Å². The Bertz CT molecular complexity index is 670. The smallest absolute Gasteiger partial charge is 0.414 e. The molecule has 7 nitrogen and oxygen atoms in total. The first-order valence-electron chi connectivity index (χ1n) is 8.80. The monoisotopic (exact) mass is 365 g/mol. The van der Waals surface area contributed by atoms with Crippen LogP contribution < -0.4 is 15.1 Å². The van der Waals surface area contributed by atoms with E-state index in [0.29, 0.717) is 31.1 Å². The van der Waals surface area contributed by atoms with Crippen LogP contribution in [0.2, 0.25) is 0 Å². The molecular formula is C18H24FN3O4. The summed E-state index contributed by atoms with van der Waals surface area (Å²) >= 11 is 0. The summed E-state index contributed by atoms with van der Waals surface area (Å²) in [5, 5.41) is 2.77. The average Bonchev–Trinajstić information content (AvgIpc) is 3.01. The summed E-state index contributed by atoms with van der Waals surface area (Å²) in [5.74, 6) is -0.204.